The molecule has 0 unspecified atom stereocenters. The minimum atomic E-state index is -0.310. The number of hydrogen-bond donors (Lipinski definition) is 1. The molecule has 1 aliphatic carbocycles. The second-order valence-electron chi connectivity index (χ2n) is 8.19. The number of nitrogens with zero attached hydrogens (tertiary/aromatic N) is 5. The highest BCUT2D eigenvalue weighted by Crippen LogP contribution is 2.39. The van der Waals surface area contributed by atoms with Crippen molar-refractivity contribution in [1.82, 2.24) is 29.6 Å². The third-order valence-electron chi connectivity index (χ3n) is 5.42. The van der Waals surface area contributed by atoms with E-state index in [1.165, 1.54) is 4.68 Å². The standard InChI is InChI=1S/C19H26N6O3/c1-11(2)18-22-24(10-16(26)20-13-6-7-17(27)23(3)9-13)19(28)15-8-14(12-4-5-12)21-25(15)18/h8,11-13H,4-7,9-10H2,1-3H3,(H,20,26)/t13-/m1/s1. The molecule has 2 aromatic heterocycles. The first-order valence-electron chi connectivity index (χ1n) is 9.87. The first-order chi connectivity index (χ1) is 13.3. The van der Waals surface area contributed by atoms with Crippen molar-refractivity contribution in [1.29, 1.82) is 0 Å². The zero-order valence-corrected chi connectivity index (χ0v) is 16.5. The summed E-state index contributed by atoms with van der Waals surface area (Å²) in [4.78, 5) is 38.6. The lowest BCUT2D eigenvalue weighted by Crippen LogP contribution is -2.49. The first-order valence-corrected chi connectivity index (χ1v) is 9.87. The molecule has 0 radical (unpaired) electrons. The van der Waals surface area contributed by atoms with Crippen LogP contribution in [0.5, 0.6) is 0 Å². The van der Waals surface area contributed by atoms with Crippen molar-refractivity contribution < 1.29 is 9.59 Å². The van der Waals surface area contributed by atoms with E-state index in [4.69, 9.17) is 0 Å². The Labute approximate surface area is 162 Å². The maximum absolute atomic E-state index is 12.9. The number of likely N-dealkylation sites (N-methyl/N-ethyl adjacent to an activating group) is 1. The highest BCUT2D eigenvalue weighted by atomic mass is 16.2. The van der Waals surface area contributed by atoms with Crippen molar-refractivity contribution in [3.8, 4) is 0 Å². The van der Waals surface area contributed by atoms with Gasteiger partial charge in [0.25, 0.3) is 5.56 Å². The predicted molar refractivity (Wildman–Crippen MR) is 102 cm³/mol. The molecule has 1 N–H and O–H groups in total. The van der Waals surface area contributed by atoms with E-state index in [0.717, 1.165) is 18.5 Å². The van der Waals surface area contributed by atoms with E-state index in [1.54, 1.807) is 16.5 Å². The van der Waals surface area contributed by atoms with Crippen LogP contribution in [0.15, 0.2) is 10.9 Å². The van der Waals surface area contributed by atoms with E-state index >= 15 is 0 Å². The Hall–Kier alpha value is -2.71. The average molecular weight is 386 g/mol. The molecule has 2 amide bonds. The van der Waals surface area contributed by atoms with Gasteiger partial charge in [-0.15, -0.1) is 0 Å². The number of hydrogen-bond acceptors (Lipinski definition) is 5. The van der Waals surface area contributed by atoms with Gasteiger partial charge in [0, 0.05) is 37.9 Å². The van der Waals surface area contributed by atoms with Gasteiger partial charge in [-0.05, 0) is 25.3 Å². The second kappa shape index (κ2) is 7.03. The molecule has 0 bridgehead atoms. The molecule has 1 saturated carbocycles. The predicted octanol–water partition coefficient (Wildman–Crippen LogP) is 0.629. The van der Waals surface area contributed by atoms with Gasteiger partial charge < -0.3 is 10.2 Å². The summed E-state index contributed by atoms with van der Waals surface area (Å²) in [5, 5.41) is 11.9. The van der Waals surface area contributed by atoms with Crippen LogP contribution < -0.4 is 10.9 Å². The Bertz CT molecular complexity index is 987. The molecule has 28 heavy (non-hydrogen) atoms. The SMILES string of the molecule is CC(C)c1nn(CC(=O)N[C@@H]2CCC(=O)N(C)C2)c(=O)c2cc(C3CC3)nn12. The van der Waals surface area contributed by atoms with Gasteiger partial charge in [-0.25, -0.2) is 9.20 Å². The van der Waals surface area contributed by atoms with Crippen LogP contribution in [0.3, 0.4) is 0 Å². The summed E-state index contributed by atoms with van der Waals surface area (Å²) >= 11 is 0. The molecule has 2 aromatic rings. The Kier molecular flexibility index (Phi) is 4.68. The van der Waals surface area contributed by atoms with Gasteiger partial charge in [0.2, 0.25) is 11.8 Å². The lowest BCUT2D eigenvalue weighted by atomic mass is 10.1. The van der Waals surface area contributed by atoms with Crippen LogP contribution in [0.4, 0.5) is 0 Å². The molecule has 3 heterocycles. The largest absolute Gasteiger partial charge is 0.350 e. The number of likely N-dealkylation sites (tertiary alicyclic amines) is 1. The minimum absolute atomic E-state index is 0.0578. The van der Waals surface area contributed by atoms with Gasteiger partial charge in [-0.1, -0.05) is 13.8 Å². The number of carbonyl (C=O) groups excluding carboxylic acids is 2. The van der Waals surface area contributed by atoms with Crippen LogP contribution in [0, 0.1) is 0 Å². The zero-order chi connectivity index (χ0) is 20.0. The third kappa shape index (κ3) is 3.53. The van der Waals surface area contributed by atoms with E-state index in [2.05, 4.69) is 15.5 Å². The summed E-state index contributed by atoms with van der Waals surface area (Å²) in [6.45, 7) is 4.32. The van der Waals surface area contributed by atoms with Crippen molar-refractivity contribution in [2.75, 3.05) is 13.6 Å². The van der Waals surface area contributed by atoms with Crippen molar-refractivity contribution in [3.05, 3.63) is 27.9 Å². The summed E-state index contributed by atoms with van der Waals surface area (Å²) in [7, 11) is 1.73. The van der Waals surface area contributed by atoms with Crippen LogP contribution >= 0.6 is 0 Å². The van der Waals surface area contributed by atoms with Gasteiger partial charge in [-0.2, -0.15) is 10.2 Å². The molecule has 150 valence electrons. The number of nitrogens with one attached hydrogen (secondary N) is 1. The molecule has 4 rings (SSSR count). The smallest absolute Gasteiger partial charge is 0.293 e. The number of amides is 2. The number of rotatable bonds is 5. The van der Waals surface area contributed by atoms with Gasteiger partial charge in [0.05, 0.1) is 5.69 Å². The molecule has 9 nitrogen and oxygen atoms in total. The summed E-state index contributed by atoms with van der Waals surface area (Å²) in [6.07, 6.45) is 3.23. The van der Waals surface area contributed by atoms with Gasteiger partial charge >= 0.3 is 0 Å². The van der Waals surface area contributed by atoms with E-state index in [1.807, 2.05) is 19.9 Å². The van der Waals surface area contributed by atoms with E-state index in [-0.39, 0.29) is 35.9 Å². The molecule has 1 atom stereocenters. The van der Waals surface area contributed by atoms with Crippen molar-refractivity contribution >= 4 is 17.3 Å². The fourth-order valence-corrected chi connectivity index (χ4v) is 3.66. The second-order valence-corrected chi connectivity index (χ2v) is 8.19. The fourth-order valence-electron chi connectivity index (χ4n) is 3.66. The molecule has 1 aliphatic heterocycles. The minimum Gasteiger partial charge on any atom is -0.350 e. The fraction of sp³-hybridized carbons (Fsp3) is 0.632. The monoisotopic (exact) mass is 386 g/mol. The molecule has 9 heteroatoms. The summed E-state index contributed by atoms with van der Waals surface area (Å²) < 4.78 is 2.87. The lowest BCUT2D eigenvalue weighted by molar-refractivity contribution is -0.134. The molecule has 1 saturated heterocycles. The Morgan fingerprint density at radius 1 is 1.25 bits per heavy atom. The molecule has 2 aliphatic rings. The zero-order valence-electron chi connectivity index (χ0n) is 16.5. The van der Waals surface area contributed by atoms with E-state index in [0.29, 0.717) is 36.6 Å². The van der Waals surface area contributed by atoms with E-state index < -0.39 is 0 Å². The van der Waals surface area contributed by atoms with Gasteiger partial charge in [0.15, 0.2) is 5.82 Å². The highest BCUT2D eigenvalue weighted by Gasteiger charge is 2.28. The average Bonchev–Trinajstić information content (AvgIpc) is 3.39. The maximum atomic E-state index is 12.9. The number of piperidine rings is 1. The topological polar surface area (TPSA) is 102 Å². The molecule has 0 spiro atoms. The Balaban J connectivity index is 1.57. The van der Waals surface area contributed by atoms with Gasteiger partial charge in [-0.3, -0.25) is 14.4 Å². The number of aromatic nitrogens is 4. The number of fused-ring (bicyclic) bond motifs is 1. The summed E-state index contributed by atoms with van der Waals surface area (Å²) in [5.74, 6) is 0.965. The number of carbonyl (C=O) groups is 2. The molecule has 0 aromatic carbocycles. The van der Waals surface area contributed by atoms with Crippen LogP contribution in [-0.2, 0) is 16.1 Å². The maximum Gasteiger partial charge on any atom is 0.293 e. The first kappa shape index (κ1) is 18.6. The summed E-state index contributed by atoms with van der Waals surface area (Å²) in [5.41, 5.74) is 1.09. The van der Waals surface area contributed by atoms with Gasteiger partial charge in [0.1, 0.15) is 12.1 Å². The van der Waals surface area contributed by atoms with Crippen molar-refractivity contribution in [3.63, 3.8) is 0 Å². The quantitative estimate of drug-likeness (QED) is 0.812. The van der Waals surface area contributed by atoms with Crippen molar-refractivity contribution in [2.24, 2.45) is 0 Å². The highest BCUT2D eigenvalue weighted by molar-refractivity contribution is 5.78. The lowest BCUT2D eigenvalue weighted by Gasteiger charge is -2.30. The van der Waals surface area contributed by atoms with E-state index in [9.17, 15) is 14.4 Å². The van der Waals surface area contributed by atoms with Crippen LogP contribution in [0.1, 0.15) is 62.9 Å². The normalized spacial score (nSPS) is 20.2. The van der Waals surface area contributed by atoms with Crippen molar-refractivity contribution in [2.45, 2.75) is 64.0 Å². The van der Waals surface area contributed by atoms with Crippen LogP contribution in [0.2, 0.25) is 0 Å². The van der Waals surface area contributed by atoms with Crippen LogP contribution in [0.25, 0.3) is 5.52 Å². The molecular formula is C19H26N6O3. The molecule has 2 fully saturated rings. The molecular weight excluding hydrogens is 360 g/mol. The summed E-state index contributed by atoms with van der Waals surface area (Å²) in [6, 6.07) is 1.74. The Morgan fingerprint density at radius 3 is 2.64 bits per heavy atom. The Morgan fingerprint density at radius 2 is 2.00 bits per heavy atom. The van der Waals surface area contributed by atoms with Crippen LogP contribution in [-0.4, -0.2) is 55.7 Å². The third-order valence-corrected chi connectivity index (χ3v) is 5.42.